The molecule has 5 rings (SSSR count). The van der Waals surface area contributed by atoms with Gasteiger partial charge in [-0.05, 0) is 31.5 Å². The first-order valence-corrected chi connectivity index (χ1v) is 10.1. The Kier molecular flexibility index (Phi) is 4.15. The second-order valence-corrected chi connectivity index (χ2v) is 8.05. The molecule has 0 aliphatic carbocycles. The maximum absolute atomic E-state index is 12.6. The number of thiazole rings is 1. The molecule has 0 radical (unpaired) electrons. The van der Waals surface area contributed by atoms with Crippen molar-refractivity contribution in [1.82, 2.24) is 19.3 Å². The van der Waals surface area contributed by atoms with Crippen LogP contribution >= 0.6 is 11.3 Å². The Balaban J connectivity index is 1.92. The maximum atomic E-state index is 12.6. The third-order valence-corrected chi connectivity index (χ3v) is 6.00. The second-order valence-electron chi connectivity index (χ2n) is 7.08. The second kappa shape index (κ2) is 6.74. The number of ether oxygens (including phenoxy) is 3. The lowest BCUT2D eigenvalue weighted by molar-refractivity contribution is 0.171. The van der Waals surface area contributed by atoms with Gasteiger partial charge in [0, 0.05) is 17.0 Å². The summed E-state index contributed by atoms with van der Waals surface area (Å²) >= 11 is 1.06. The highest BCUT2D eigenvalue weighted by molar-refractivity contribution is 7.17. The van der Waals surface area contributed by atoms with Gasteiger partial charge in [0.15, 0.2) is 22.8 Å². The predicted octanol–water partition coefficient (Wildman–Crippen LogP) is 3.32. The van der Waals surface area contributed by atoms with E-state index in [0.29, 0.717) is 33.2 Å². The minimum absolute atomic E-state index is 0.0707. The van der Waals surface area contributed by atoms with Gasteiger partial charge in [-0.1, -0.05) is 11.3 Å². The van der Waals surface area contributed by atoms with Crippen molar-refractivity contribution in [2.24, 2.45) is 0 Å². The third-order valence-electron chi connectivity index (χ3n) is 5.01. The minimum atomic E-state index is -0.232. The Bertz CT molecular complexity index is 1410. The molecular weight excluding hydrogens is 406 g/mol. The number of rotatable bonds is 4. The van der Waals surface area contributed by atoms with E-state index >= 15 is 0 Å². The molecule has 4 aromatic rings. The average molecular weight is 423 g/mol. The fraction of sp³-hybridized carbons (Fsp3) is 0.300. The summed E-state index contributed by atoms with van der Waals surface area (Å²) in [6.07, 6.45) is 1.76. The number of hydrogen-bond acceptors (Lipinski definition) is 8. The van der Waals surface area contributed by atoms with Crippen molar-refractivity contribution in [3.05, 3.63) is 28.0 Å². The summed E-state index contributed by atoms with van der Waals surface area (Å²) in [5.41, 5.74) is 2.71. The van der Waals surface area contributed by atoms with E-state index in [9.17, 15) is 10.1 Å². The first-order chi connectivity index (χ1) is 14.5. The molecule has 3 aromatic heterocycles. The average Bonchev–Trinajstić information content (AvgIpc) is 3.43. The van der Waals surface area contributed by atoms with Gasteiger partial charge in [-0.15, -0.1) is 0 Å². The highest BCUT2D eigenvalue weighted by Crippen LogP contribution is 2.47. The van der Waals surface area contributed by atoms with E-state index in [4.69, 9.17) is 19.2 Å². The largest absolute Gasteiger partial charge is 0.493 e. The van der Waals surface area contributed by atoms with Crippen LogP contribution in [-0.2, 0) is 6.54 Å². The smallest absolute Gasteiger partial charge is 0.310 e. The van der Waals surface area contributed by atoms with Gasteiger partial charge in [-0.3, -0.25) is 9.36 Å². The van der Waals surface area contributed by atoms with E-state index in [1.54, 1.807) is 18.0 Å². The van der Waals surface area contributed by atoms with Crippen molar-refractivity contribution >= 4 is 32.7 Å². The summed E-state index contributed by atoms with van der Waals surface area (Å²) in [5, 5.41) is 14.5. The van der Waals surface area contributed by atoms with Gasteiger partial charge in [0.1, 0.15) is 6.54 Å². The van der Waals surface area contributed by atoms with Crippen LogP contribution in [0, 0.1) is 11.3 Å². The number of benzene rings is 1. The van der Waals surface area contributed by atoms with E-state index in [1.165, 1.54) is 4.57 Å². The summed E-state index contributed by atoms with van der Waals surface area (Å²) in [6.45, 7) is 4.07. The van der Waals surface area contributed by atoms with Crippen molar-refractivity contribution in [3.8, 4) is 34.4 Å². The maximum Gasteiger partial charge on any atom is 0.310 e. The molecule has 10 heteroatoms. The zero-order valence-corrected chi connectivity index (χ0v) is 17.3. The lowest BCUT2D eigenvalue weighted by Crippen LogP contribution is -2.12. The SMILES string of the molecule is COc1cc(-c2c3cnn(C(C)C)c3nc3c2sc(=O)n3CC#N)cc2c1OCO2. The normalized spacial score (nSPS) is 12.8. The molecule has 152 valence electrons. The number of methoxy groups -OCH3 is 1. The molecule has 0 saturated carbocycles. The van der Waals surface area contributed by atoms with Crippen molar-refractivity contribution in [2.75, 3.05) is 13.9 Å². The lowest BCUT2D eigenvalue weighted by Gasteiger charge is -2.12. The molecule has 0 saturated heterocycles. The van der Waals surface area contributed by atoms with Crippen molar-refractivity contribution in [1.29, 1.82) is 5.26 Å². The van der Waals surface area contributed by atoms with Crippen molar-refractivity contribution in [2.45, 2.75) is 26.4 Å². The Labute approximate surface area is 174 Å². The topological polar surface area (TPSA) is 104 Å². The minimum Gasteiger partial charge on any atom is -0.493 e. The zero-order valence-electron chi connectivity index (χ0n) is 16.5. The van der Waals surface area contributed by atoms with Gasteiger partial charge >= 0.3 is 4.87 Å². The summed E-state index contributed by atoms with van der Waals surface area (Å²) in [6, 6.07) is 5.84. The standard InChI is InChI=1S/C20H17N5O4S/c1-10(2)25-18-12(8-22-25)15(17-19(23-18)24(5-4-21)20(26)30-17)11-6-13(27-3)16-14(7-11)28-9-29-16/h6-8,10H,5,9H2,1-3H3. The van der Waals surface area contributed by atoms with Gasteiger partial charge in [-0.2, -0.15) is 10.4 Å². The highest BCUT2D eigenvalue weighted by atomic mass is 32.1. The lowest BCUT2D eigenvalue weighted by atomic mass is 10.0. The fourth-order valence-corrected chi connectivity index (χ4v) is 4.70. The van der Waals surface area contributed by atoms with Crippen LogP contribution in [0.5, 0.6) is 17.2 Å². The summed E-state index contributed by atoms with van der Waals surface area (Å²) in [5.74, 6) is 1.66. The van der Waals surface area contributed by atoms with Gasteiger partial charge < -0.3 is 14.2 Å². The Hall–Kier alpha value is -3.58. The van der Waals surface area contributed by atoms with Crippen LogP contribution in [0.4, 0.5) is 0 Å². The number of nitriles is 1. The first kappa shape index (κ1) is 18.4. The van der Waals surface area contributed by atoms with Gasteiger partial charge in [0.2, 0.25) is 12.5 Å². The molecule has 9 nitrogen and oxygen atoms in total. The molecule has 1 aliphatic rings. The van der Waals surface area contributed by atoms with Crippen molar-refractivity contribution in [3.63, 3.8) is 0 Å². The summed E-state index contributed by atoms with van der Waals surface area (Å²) in [7, 11) is 1.57. The third kappa shape index (κ3) is 2.55. The quantitative estimate of drug-likeness (QED) is 0.496. The molecule has 0 spiro atoms. The molecule has 30 heavy (non-hydrogen) atoms. The number of aromatic nitrogens is 4. The van der Waals surface area contributed by atoms with Crippen LogP contribution in [0.2, 0.25) is 0 Å². The highest BCUT2D eigenvalue weighted by Gasteiger charge is 2.25. The Morgan fingerprint density at radius 2 is 2.17 bits per heavy atom. The summed E-state index contributed by atoms with van der Waals surface area (Å²) < 4.78 is 20.5. The molecular formula is C20H17N5O4S. The molecule has 4 heterocycles. The van der Waals surface area contributed by atoms with Crippen molar-refractivity contribution < 1.29 is 14.2 Å². The summed E-state index contributed by atoms with van der Waals surface area (Å²) in [4.78, 5) is 17.1. The van der Waals surface area contributed by atoms with Crippen LogP contribution in [0.15, 0.2) is 23.1 Å². The molecule has 1 aromatic carbocycles. The number of nitrogens with zero attached hydrogens (tertiary/aromatic N) is 5. The van der Waals surface area contributed by atoms with E-state index in [0.717, 1.165) is 27.8 Å². The Morgan fingerprint density at radius 1 is 1.33 bits per heavy atom. The van der Waals surface area contributed by atoms with Crippen LogP contribution in [-0.4, -0.2) is 33.2 Å². The van der Waals surface area contributed by atoms with Crippen LogP contribution in [0.25, 0.3) is 32.5 Å². The molecule has 0 atom stereocenters. The van der Waals surface area contributed by atoms with E-state index in [-0.39, 0.29) is 24.3 Å². The number of hydrogen-bond donors (Lipinski definition) is 0. The molecule has 0 bridgehead atoms. The molecule has 0 fully saturated rings. The van der Waals surface area contributed by atoms with Crippen LogP contribution < -0.4 is 19.1 Å². The number of fused-ring (bicyclic) bond motifs is 3. The Morgan fingerprint density at radius 3 is 2.90 bits per heavy atom. The van der Waals surface area contributed by atoms with E-state index in [2.05, 4.69) is 5.10 Å². The van der Waals surface area contributed by atoms with Gasteiger partial charge in [0.05, 0.1) is 24.1 Å². The zero-order chi connectivity index (χ0) is 21.0. The van der Waals surface area contributed by atoms with Gasteiger partial charge in [0.25, 0.3) is 0 Å². The molecule has 0 unspecified atom stereocenters. The van der Waals surface area contributed by atoms with Gasteiger partial charge in [-0.25, -0.2) is 9.67 Å². The fourth-order valence-electron chi connectivity index (χ4n) is 3.69. The van der Waals surface area contributed by atoms with Crippen LogP contribution in [0.3, 0.4) is 0 Å². The first-order valence-electron chi connectivity index (χ1n) is 9.29. The monoisotopic (exact) mass is 423 g/mol. The number of pyridine rings is 1. The molecule has 1 aliphatic heterocycles. The van der Waals surface area contributed by atoms with Crippen LogP contribution in [0.1, 0.15) is 19.9 Å². The molecule has 0 N–H and O–H groups in total. The van der Waals surface area contributed by atoms with E-state index in [1.807, 2.05) is 32.0 Å². The predicted molar refractivity (Wildman–Crippen MR) is 111 cm³/mol. The molecule has 0 amide bonds. The van der Waals surface area contributed by atoms with E-state index < -0.39 is 0 Å².